The van der Waals surface area contributed by atoms with Crippen molar-refractivity contribution < 1.29 is 9.15 Å². The first-order chi connectivity index (χ1) is 8.76. The zero-order valence-corrected chi connectivity index (χ0v) is 10.6. The lowest BCUT2D eigenvalue weighted by Crippen LogP contribution is -2.29. The molecule has 0 aliphatic carbocycles. The van der Waals surface area contributed by atoms with E-state index in [4.69, 9.17) is 15.0 Å². The third kappa shape index (κ3) is 2.55. The SMILES string of the molecule is COc1ccccc1CC(NN)c1ccoc1C. The van der Waals surface area contributed by atoms with Crippen LogP contribution in [0.1, 0.15) is 22.9 Å². The van der Waals surface area contributed by atoms with Gasteiger partial charge in [0.15, 0.2) is 0 Å². The van der Waals surface area contributed by atoms with Gasteiger partial charge in [-0.25, -0.2) is 0 Å². The molecule has 0 radical (unpaired) electrons. The van der Waals surface area contributed by atoms with E-state index in [1.54, 1.807) is 13.4 Å². The lowest BCUT2D eigenvalue weighted by Gasteiger charge is -2.17. The summed E-state index contributed by atoms with van der Waals surface area (Å²) in [7, 11) is 1.67. The van der Waals surface area contributed by atoms with E-state index in [0.29, 0.717) is 0 Å². The molecule has 0 aliphatic heterocycles. The lowest BCUT2D eigenvalue weighted by atomic mass is 9.99. The Hall–Kier alpha value is -1.78. The number of hydrogen-bond acceptors (Lipinski definition) is 4. The second kappa shape index (κ2) is 5.71. The second-order valence-corrected chi connectivity index (χ2v) is 4.17. The zero-order chi connectivity index (χ0) is 13.0. The molecule has 0 spiro atoms. The minimum Gasteiger partial charge on any atom is -0.496 e. The summed E-state index contributed by atoms with van der Waals surface area (Å²) in [5, 5.41) is 0. The number of benzene rings is 1. The summed E-state index contributed by atoms with van der Waals surface area (Å²) in [4.78, 5) is 0. The Morgan fingerprint density at radius 3 is 2.72 bits per heavy atom. The summed E-state index contributed by atoms with van der Waals surface area (Å²) >= 11 is 0. The van der Waals surface area contributed by atoms with E-state index in [2.05, 4.69) is 5.43 Å². The highest BCUT2D eigenvalue weighted by molar-refractivity contribution is 5.35. The van der Waals surface area contributed by atoms with Crippen molar-refractivity contribution in [3.63, 3.8) is 0 Å². The molecule has 2 aromatic rings. The highest BCUT2D eigenvalue weighted by Crippen LogP contribution is 2.26. The van der Waals surface area contributed by atoms with Crippen molar-refractivity contribution in [2.24, 2.45) is 5.84 Å². The maximum atomic E-state index is 5.64. The smallest absolute Gasteiger partial charge is 0.122 e. The molecule has 1 unspecified atom stereocenters. The summed E-state index contributed by atoms with van der Waals surface area (Å²) in [6.07, 6.45) is 2.43. The standard InChI is InChI=1S/C14H18N2O2/c1-10-12(7-8-18-10)13(16-15)9-11-5-3-4-6-14(11)17-2/h3-8,13,16H,9,15H2,1-2H3. The fourth-order valence-corrected chi connectivity index (χ4v) is 2.11. The van der Waals surface area contributed by atoms with Crippen molar-refractivity contribution in [2.75, 3.05) is 7.11 Å². The molecular formula is C14H18N2O2. The quantitative estimate of drug-likeness (QED) is 0.628. The molecule has 1 heterocycles. The lowest BCUT2D eigenvalue weighted by molar-refractivity contribution is 0.405. The van der Waals surface area contributed by atoms with Gasteiger partial charge in [0.2, 0.25) is 0 Å². The van der Waals surface area contributed by atoms with E-state index in [1.807, 2.05) is 37.3 Å². The minimum atomic E-state index is 0.0139. The Morgan fingerprint density at radius 1 is 1.33 bits per heavy atom. The Kier molecular flexibility index (Phi) is 4.02. The molecular weight excluding hydrogens is 228 g/mol. The van der Waals surface area contributed by atoms with Gasteiger partial charge in [-0.05, 0) is 31.0 Å². The molecule has 2 rings (SSSR count). The third-order valence-corrected chi connectivity index (χ3v) is 3.09. The maximum Gasteiger partial charge on any atom is 0.122 e. The number of nitrogens with one attached hydrogen (secondary N) is 1. The Labute approximate surface area is 107 Å². The van der Waals surface area contributed by atoms with Crippen molar-refractivity contribution in [1.29, 1.82) is 0 Å². The summed E-state index contributed by atoms with van der Waals surface area (Å²) in [6.45, 7) is 1.93. The monoisotopic (exact) mass is 246 g/mol. The van der Waals surface area contributed by atoms with Crippen LogP contribution in [-0.2, 0) is 6.42 Å². The van der Waals surface area contributed by atoms with Gasteiger partial charge >= 0.3 is 0 Å². The molecule has 0 aliphatic rings. The van der Waals surface area contributed by atoms with Gasteiger partial charge in [-0.3, -0.25) is 11.3 Å². The van der Waals surface area contributed by atoms with Gasteiger partial charge in [-0.1, -0.05) is 18.2 Å². The molecule has 0 saturated carbocycles. The van der Waals surface area contributed by atoms with E-state index in [1.165, 1.54) is 0 Å². The summed E-state index contributed by atoms with van der Waals surface area (Å²) < 4.78 is 10.7. The first-order valence-corrected chi connectivity index (χ1v) is 5.88. The van der Waals surface area contributed by atoms with Gasteiger partial charge in [0.25, 0.3) is 0 Å². The molecule has 0 fully saturated rings. The van der Waals surface area contributed by atoms with Gasteiger partial charge in [0.05, 0.1) is 19.4 Å². The van der Waals surface area contributed by atoms with Crippen LogP contribution in [0.3, 0.4) is 0 Å². The van der Waals surface area contributed by atoms with Gasteiger partial charge in [-0.2, -0.15) is 0 Å². The number of para-hydroxylation sites is 1. The Morgan fingerprint density at radius 2 is 2.11 bits per heavy atom. The number of hydrazine groups is 1. The van der Waals surface area contributed by atoms with E-state index in [0.717, 1.165) is 29.1 Å². The second-order valence-electron chi connectivity index (χ2n) is 4.17. The van der Waals surface area contributed by atoms with Gasteiger partial charge < -0.3 is 9.15 Å². The number of methoxy groups -OCH3 is 1. The van der Waals surface area contributed by atoms with Crippen LogP contribution in [-0.4, -0.2) is 7.11 Å². The Balaban J connectivity index is 2.23. The molecule has 4 heteroatoms. The molecule has 1 atom stereocenters. The fourth-order valence-electron chi connectivity index (χ4n) is 2.11. The number of hydrogen-bond donors (Lipinski definition) is 2. The topological polar surface area (TPSA) is 60.4 Å². The highest BCUT2D eigenvalue weighted by Gasteiger charge is 2.16. The number of furan rings is 1. The summed E-state index contributed by atoms with van der Waals surface area (Å²) in [5.74, 6) is 7.40. The van der Waals surface area contributed by atoms with Crippen molar-refractivity contribution in [1.82, 2.24) is 5.43 Å². The van der Waals surface area contributed by atoms with E-state index < -0.39 is 0 Å². The number of rotatable bonds is 5. The normalized spacial score (nSPS) is 12.4. The van der Waals surface area contributed by atoms with Crippen molar-refractivity contribution in [2.45, 2.75) is 19.4 Å². The average molecular weight is 246 g/mol. The van der Waals surface area contributed by atoms with Crippen LogP contribution in [0.4, 0.5) is 0 Å². The van der Waals surface area contributed by atoms with E-state index >= 15 is 0 Å². The van der Waals surface area contributed by atoms with Crippen LogP contribution in [0.15, 0.2) is 41.0 Å². The molecule has 18 heavy (non-hydrogen) atoms. The predicted molar refractivity (Wildman–Crippen MR) is 70.2 cm³/mol. The van der Waals surface area contributed by atoms with Crippen LogP contribution in [0.2, 0.25) is 0 Å². The van der Waals surface area contributed by atoms with Crippen LogP contribution in [0, 0.1) is 6.92 Å². The molecule has 0 saturated heterocycles. The molecule has 1 aromatic heterocycles. The maximum absolute atomic E-state index is 5.64. The Bertz CT molecular complexity index is 508. The molecule has 4 nitrogen and oxygen atoms in total. The summed E-state index contributed by atoms with van der Waals surface area (Å²) in [5.41, 5.74) is 5.02. The van der Waals surface area contributed by atoms with E-state index in [9.17, 15) is 0 Å². The fraction of sp³-hybridized carbons (Fsp3) is 0.286. The number of ether oxygens (including phenoxy) is 1. The van der Waals surface area contributed by atoms with Crippen LogP contribution < -0.4 is 16.0 Å². The van der Waals surface area contributed by atoms with Crippen molar-refractivity contribution in [3.05, 3.63) is 53.5 Å². The molecule has 96 valence electrons. The van der Waals surface area contributed by atoms with E-state index in [-0.39, 0.29) is 6.04 Å². The van der Waals surface area contributed by atoms with Gasteiger partial charge in [-0.15, -0.1) is 0 Å². The first kappa shape index (κ1) is 12.7. The number of nitrogens with two attached hydrogens (primary N) is 1. The minimum absolute atomic E-state index is 0.0139. The average Bonchev–Trinajstić information content (AvgIpc) is 2.82. The van der Waals surface area contributed by atoms with Gasteiger partial charge in [0.1, 0.15) is 11.5 Å². The van der Waals surface area contributed by atoms with Crippen molar-refractivity contribution in [3.8, 4) is 5.75 Å². The summed E-state index contributed by atoms with van der Waals surface area (Å²) in [6, 6.07) is 9.89. The van der Waals surface area contributed by atoms with Crippen LogP contribution >= 0.6 is 0 Å². The molecule has 0 bridgehead atoms. The highest BCUT2D eigenvalue weighted by atomic mass is 16.5. The molecule has 3 N–H and O–H groups in total. The van der Waals surface area contributed by atoms with Crippen LogP contribution in [0.5, 0.6) is 5.75 Å². The van der Waals surface area contributed by atoms with Gasteiger partial charge in [0, 0.05) is 5.56 Å². The van der Waals surface area contributed by atoms with Crippen LogP contribution in [0.25, 0.3) is 0 Å². The molecule has 1 aromatic carbocycles. The number of aryl methyl sites for hydroxylation is 1. The largest absolute Gasteiger partial charge is 0.496 e. The van der Waals surface area contributed by atoms with Crippen molar-refractivity contribution >= 4 is 0 Å². The third-order valence-electron chi connectivity index (χ3n) is 3.09. The first-order valence-electron chi connectivity index (χ1n) is 5.88. The predicted octanol–water partition coefficient (Wildman–Crippen LogP) is 2.34. The zero-order valence-electron chi connectivity index (χ0n) is 10.6. The molecule has 0 amide bonds.